The summed E-state index contributed by atoms with van der Waals surface area (Å²) < 4.78 is 0. The third-order valence-corrected chi connectivity index (χ3v) is 6.42. The number of carboxylic acid groups (broad SMARTS) is 1. The van der Waals surface area contributed by atoms with E-state index in [1.807, 2.05) is 0 Å². The molecule has 1 aliphatic rings. The number of rotatable bonds is 12. The molecule has 12 nitrogen and oxygen atoms in total. The van der Waals surface area contributed by atoms with Gasteiger partial charge in [-0.15, -0.1) is 0 Å². The van der Waals surface area contributed by atoms with Crippen molar-refractivity contribution in [1.29, 1.82) is 0 Å². The third kappa shape index (κ3) is 7.23. The second kappa shape index (κ2) is 12.3. The Morgan fingerprint density at radius 2 is 1.89 bits per heavy atom. The molecular weight excluding hydrogens is 476 g/mol. The summed E-state index contributed by atoms with van der Waals surface area (Å²) in [6.07, 6.45) is 8.45. The molecule has 1 fully saturated rings. The number of nitrogens with one attached hydrogen (secondary N) is 4. The number of H-pyrrole nitrogens is 1. The van der Waals surface area contributed by atoms with E-state index < -0.39 is 23.5 Å². The number of fused-ring (bicyclic) bond motifs is 1. The summed E-state index contributed by atoms with van der Waals surface area (Å²) in [7, 11) is 0. The van der Waals surface area contributed by atoms with Gasteiger partial charge in [-0.25, -0.2) is 14.8 Å². The molecule has 4 rings (SSSR count). The Morgan fingerprint density at radius 1 is 1.14 bits per heavy atom. The predicted octanol–water partition coefficient (Wildman–Crippen LogP) is 1.79. The minimum atomic E-state index is -1.04. The molecule has 0 aliphatic heterocycles. The zero-order chi connectivity index (χ0) is 26.2. The molecule has 1 aromatic carbocycles. The van der Waals surface area contributed by atoms with Crippen LogP contribution in [-0.4, -0.2) is 55.5 Å². The fourth-order valence-corrected chi connectivity index (χ4v) is 4.40. The van der Waals surface area contributed by atoms with Crippen LogP contribution in [0, 0.1) is 0 Å². The molecule has 37 heavy (non-hydrogen) atoms. The number of amides is 1. The first-order chi connectivity index (χ1) is 17.9. The van der Waals surface area contributed by atoms with Gasteiger partial charge >= 0.3 is 5.97 Å². The van der Waals surface area contributed by atoms with Gasteiger partial charge in [-0.05, 0) is 62.9 Å². The molecule has 1 saturated carbocycles. The van der Waals surface area contributed by atoms with Crippen LogP contribution in [0.4, 0.5) is 11.6 Å². The molecule has 12 heteroatoms. The van der Waals surface area contributed by atoms with Crippen molar-refractivity contribution in [3.8, 4) is 0 Å². The number of aromatic amines is 1. The van der Waals surface area contributed by atoms with Gasteiger partial charge in [0.2, 0.25) is 5.95 Å². The molecule has 7 N–H and O–H groups in total. The van der Waals surface area contributed by atoms with Crippen molar-refractivity contribution in [2.45, 2.75) is 63.6 Å². The number of hydrogen-bond acceptors (Lipinski definition) is 9. The maximum Gasteiger partial charge on any atom is 0.326 e. The van der Waals surface area contributed by atoms with Gasteiger partial charge in [-0.2, -0.15) is 4.98 Å². The van der Waals surface area contributed by atoms with Gasteiger partial charge in [0.15, 0.2) is 11.2 Å². The molecular formula is C25H32N8O4. The van der Waals surface area contributed by atoms with E-state index in [-0.39, 0.29) is 23.7 Å². The van der Waals surface area contributed by atoms with E-state index >= 15 is 0 Å². The van der Waals surface area contributed by atoms with E-state index in [1.54, 1.807) is 24.3 Å². The summed E-state index contributed by atoms with van der Waals surface area (Å²) in [5.74, 6) is -1.50. The Kier molecular flexibility index (Phi) is 8.62. The monoisotopic (exact) mass is 508 g/mol. The largest absolute Gasteiger partial charge is 0.480 e. The normalized spacial score (nSPS) is 14.5. The average Bonchev–Trinajstić information content (AvgIpc) is 3.40. The molecule has 2 aromatic heterocycles. The summed E-state index contributed by atoms with van der Waals surface area (Å²) >= 11 is 0. The fourth-order valence-electron chi connectivity index (χ4n) is 4.40. The minimum Gasteiger partial charge on any atom is -0.480 e. The standard InChI is InChI=1S/C25H32N8O4/c26-25-32-21-20(23(35)33-25)30-18(14-29-21)13-28-17-10-8-15(9-11-17)22(34)31-19(24(36)37)7-3-4-12-27-16-5-1-2-6-16/h8-11,14,16,19,27-28H,1-7,12-13H2,(H,31,34)(H,36,37)(H3,26,29,32,33,35)/t19-/m0/s1. The molecule has 1 aliphatic carbocycles. The second-order valence-electron chi connectivity index (χ2n) is 9.21. The minimum absolute atomic E-state index is 0.0247. The summed E-state index contributed by atoms with van der Waals surface area (Å²) in [5.41, 5.74) is 6.91. The van der Waals surface area contributed by atoms with Crippen LogP contribution >= 0.6 is 0 Å². The molecule has 196 valence electrons. The SMILES string of the molecule is Nc1nc2ncc(CNc3ccc(C(=O)N[C@@H](CCCCNC4CCCC4)C(=O)O)cc3)nc2c(=O)[nH]1. The lowest BCUT2D eigenvalue weighted by molar-refractivity contribution is -0.139. The van der Waals surface area contributed by atoms with Crippen molar-refractivity contribution in [1.82, 2.24) is 30.6 Å². The lowest BCUT2D eigenvalue weighted by Gasteiger charge is -2.16. The van der Waals surface area contributed by atoms with Crippen LogP contribution in [0.1, 0.15) is 61.0 Å². The molecule has 0 radical (unpaired) electrons. The zero-order valence-electron chi connectivity index (χ0n) is 20.5. The van der Waals surface area contributed by atoms with Crippen LogP contribution < -0.4 is 27.2 Å². The van der Waals surface area contributed by atoms with E-state index in [2.05, 4.69) is 35.9 Å². The number of aliphatic carboxylic acids is 1. The van der Waals surface area contributed by atoms with Gasteiger partial charge in [0.1, 0.15) is 6.04 Å². The number of hydrogen-bond donors (Lipinski definition) is 6. The Bertz CT molecular complexity index is 1290. The first-order valence-electron chi connectivity index (χ1n) is 12.5. The first kappa shape index (κ1) is 26.0. The third-order valence-electron chi connectivity index (χ3n) is 6.42. The van der Waals surface area contributed by atoms with Crippen LogP contribution in [0.15, 0.2) is 35.3 Å². The number of carbonyl (C=O) groups is 2. The summed E-state index contributed by atoms with van der Waals surface area (Å²) in [4.78, 5) is 51.0. The van der Waals surface area contributed by atoms with Gasteiger partial charge in [-0.1, -0.05) is 12.8 Å². The maximum atomic E-state index is 12.6. The van der Waals surface area contributed by atoms with Crippen LogP contribution in [0.3, 0.4) is 0 Å². The van der Waals surface area contributed by atoms with Crippen LogP contribution in [-0.2, 0) is 11.3 Å². The molecule has 0 spiro atoms. The van der Waals surface area contributed by atoms with E-state index in [0.29, 0.717) is 35.8 Å². The molecule has 0 bridgehead atoms. The summed E-state index contributed by atoms with van der Waals surface area (Å²) in [6.45, 7) is 1.15. The molecule has 3 aromatic rings. The number of carboxylic acids is 1. The van der Waals surface area contributed by atoms with E-state index in [0.717, 1.165) is 13.0 Å². The number of benzene rings is 1. The Morgan fingerprint density at radius 3 is 2.62 bits per heavy atom. The number of aromatic nitrogens is 4. The number of anilines is 2. The van der Waals surface area contributed by atoms with Gasteiger partial charge < -0.3 is 26.8 Å². The van der Waals surface area contributed by atoms with Crippen LogP contribution in [0.25, 0.3) is 11.2 Å². The quantitative estimate of drug-likeness (QED) is 0.197. The van der Waals surface area contributed by atoms with Gasteiger partial charge in [0.05, 0.1) is 18.4 Å². The highest BCUT2D eigenvalue weighted by molar-refractivity contribution is 5.96. The van der Waals surface area contributed by atoms with E-state index in [1.165, 1.54) is 31.9 Å². The Balaban J connectivity index is 1.25. The van der Waals surface area contributed by atoms with Crippen molar-refractivity contribution in [2.24, 2.45) is 0 Å². The first-order valence-corrected chi connectivity index (χ1v) is 12.5. The molecule has 1 amide bonds. The smallest absolute Gasteiger partial charge is 0.326 e. The Labute approximate surface area is 213 Å². The van der Waals surface area contributed by atoms with Crippen LogP contribution in [0.5, 0.6) is 0 Å². The lowest BCUT2D eigenvalue weighted by atomic mass is 10.1. The van der Waals surface area contributed by atoms with Gasteiger partial charge in [0.25, 0.3) is 11.5 Å². The highest BCUT2D eigenvalue weighted by Crippen LogP contribution is 2.17. The van der Waals surface area contributed by atoms with Gasteiger partial charge in [-0.3, -0.25) is 14.6 Å². The Hall–Kier alpha value is -4.06. The molecule has 2 heterocycles. The highest BCUT2D eigenvalue weighted by Gasteiger charge is 2.20. The van der Waals surface area contributed by atoms with Crippen molar-refractivity contribution < 1.29 is 14.7 Å². The van der Waals surface area contributed by atoms with Crippen LogP contribution in [0.2, 0.25) is 0 Å². The maximum absolute atomic E-state index is 12.6. The van der Waals surface area contributed by atoms with Crippen molar-refractivity contribution in [3.63, 3.8) is 0 Å². The second-order valence-corrected chi connectivity index (χ2v) is 9.21. The van der Waals surface area contributed by atoms with Crippen molar-refractivity contribution in [2.75, 3.05) is 17.6 Å². The van der Waals surface area contributed by atoms with Crippen molar-refractivity contribution >= 4 is 34.7 Å². The number of carbonyl (C=O) groups excluding carboxylic acids is 1. The number of nitrogens with zero attached hydrogens (tertiary/aromatic N) is 3. The van der Waals surface area contributed by atoms with Crippen molar-refractivity contribution in [3.05, 3.63) is 52.1 Å². The van der Waals surface area contributed by atoms with Gasteiger partial charge in [0, 0.05) is 17.3 Å². The fraction of sp³-hybridized carbons (Fsp3) is 0.440. The molecule has 1 atom stereocenters. The summed E-state index contributed by atoms with van der Waals surface area (Å²) in [5, 5.41) is 18.8. The number of unbranched alkanes of at least 4 members (excludes halogenated alkanes) is 1. The molecule has 0 saturated heterocycles. The predicted molar refractivity (Wildman–Crippen MR) is 139 cm³/mol. The highest BCUT2D eigenvalue weighted by atomic mass is 16.4. The average molecular weight is 509 g/mol. The number of nitrogens with two attached hydrogens (primary N) is 1. The molecule has 0 unspecified atom stereocenters. The van der Waals surface area contributed by atoms with E-state index in [9.17, 15) is 19.5 Å². The van der Waals surface area contributed by atoms with E-state index in [4.69, 9.17) is 5.73 Å². The number of nitrogen functional groups attached to an aromatic ring is 1. The lowest BCUT2D eigenvalue weighted by Crippen LogP contribution is -2.40. The topological polar surface area (TPSA) is 188 Å². The zero-order valence-corrected chi connectivity index (χ0v) is 20.5. The summed E-state index contributed by atoms with van der Waals surface area (Å²) in [6, 6.07) is 6.31.